The van der Waals surface area contributed by atoms with Crippen LogP contribution in [0, 0.1) is 0 Å². The number of benzene rings is 2. The number of carbonyl (C=O) groups is 1. The van der Waals surface area contributed by atoms with E-state index in [0.29, 0.717) is 31.4 Å². The number of amides is 1. The molecule has 2 aliphatic rings. The Hall–Kier alpha value is -2.79. The lowest BCUT2D eigenvalue weighted by Crippen LogP contribution is -2.62. The van der Waals surface area contributed by atoms with Crippen LogP contribution >= 0.6 is 0 Å². The maximum atomic E-state index is 13.3. The standard InChI is InChI=1S/C25H26F6N2O3/c1-15(16-11-18(24(26,27)28)13-19(12-16)25(29,30)31)36-14-23(17-5-3-2-4-6-17)9-7-20-21(33-23)8-10-35-22(34)32-20/h2-6,11-13,15,20-21,33H,7-10,14H2,1H3,(H,32,34)/t15-,20+,21-,23-/m1/s1. The highest BCUT2D eigenvalue weighted by atomic mass is 19.4. The van der Waals surface area contributed by atoms with Gasteiger partial charge in [0, 0.05) is 12.1 Å². The molecule has 0 spiro atoms. The minimum Gasteiger partial charge on any atom is -0.449 e. The molecule has 2 N–H and O–H groups in total. The molecule has 0 bridgehead atoms. The summed E-state index contributed by atoms with van der Waals surface area (Å²) in [7, 11) is 0. The van der Waals surface area contributed by atoms with E-state index < -0.39 is 41.2 Å². The molecule has 2 aromatic carbocycles. The zero-order chi connectivity index (χ0) is 26.1. The summed E-state index contributed by atoms with van der Waals surface area (Å²) in [6.45, 7) is 1.64. The summed E-state index contributed by atoms with van der Waals surface area (Å²) < 4.78 is 91.0. The summed E-state index contributed by atoms with van der Waals surface area (Å²) in [4.78, 5) is 11.8. The van der Waals surface area contributed by atoms with Crippen LogP contribution in [0.25, 0.3) is 0 Å². The summed E-state index contributed by atoms with van der Waals surface area (Å²) >= 11 is 0. The van der Waals surface area contributed by atoms with E-state index in [2.05, 4.69) is 10.6 Å². The molecule has 0 radical (unpaired) electrons. The Morgan fingerprint density at radius 2 is 1.64 bits per heavy atom. The summed E-state index contributed by atoms with van der Waals surface area (Å²) in [5.41, 5.74) is -2.88. The fourth-order valence-electron chi connectivity index (χ4n) is 4.81. The van der Waals surface area contributed by atoms with Gasteiger partial charge in [-0.05, 0) is 55.5 Å². The molecule has 0 saturated carbocycles. The maximum absolute atomic E-state index is 13.3. The van der Waals surface area contributed by atoms with E-state index in [1.807, 2.05) is 30.3 Å². The van der Waals surface area contributed by atoms with Gasteiger partial charge in [0.25, 0.3) is 0 Å². The summed E-state index contributed by atoms with van der Waals surface area (Å²) in [6.07, 6.45) is -9.78. The number of carbonyl (C=O) groups excluding carboxylic acids is 1. The van der Waals surface area contributed by atoms with E-state index >= 15 is 0 Å². The molecule has 2 heterocycles. The van der Waals surface area contributed by atoms with Gasteiger partial charge in [0.05, 0.1) is 36.0 Å². The third-order valence-electron chi connectivity index (χ3n) is 6.78. The van der Waals surface area contributed by atoms with Gasteiger partial charge in [0.15, 0.2) is 0 Å². The van der Waals surface area contributed by atoms with Crippen LogP contribution in [0.2, 0.25) is 0 Å². The van der Waals surface area contributed by atoms with Gasteiger partial charge >= 0.3 is 18.4 Å². The number of piperidine rings is 1. The van der Waals surface area contributed by atoms with E-state index in [-0.39, 0.29) is 36.9 Å². The first-order chi connectivity index (χ1) is 16.9. The molecule has 0 aliphatic carbocycles. The lowest BCUT2D eigenvalue weighted by Gasteiger charge is -2.46. The van der Waals surface area contributed by atoms with Gasteiger partial charge in [-0.25, -0.2) is 4.79 Å². The second kappa shape index (κ2) is 9.93. The van der Waals surface area contributed by atoms with E-state index in [0.717, 1.165) is 5.56 Å². The van der Waals surface area contributed by atoms with Crippen molar-refractivity contribution in [2.45, 2.75) is 62.3 Å². The number of cyclic esters (lactones) is 1. The first kappa shape index (κ1) is 26.3. The van der Waals surface area contributed by atoms with Crippen molar-refractivity contribution >= 4 is 6.09 Å². The molecule has 4 rings (SSSR count). The van der Waals surface area contributed by atoms with Crippen molar-refractivity contribution in [2.24, 2.45) is 0 Å². The molecule has 2 fully saturated rings. The van der Waals surface area contributed by atoms with Gasteiger partial charge in [-0.1, -0.05) is 30.3 Å². The molecule has 36 heavy (non-hydrogen) atoms. The van der Waals surface area contributed by atoms with Crippen molar-refractivity contribution in [1.82, 2.24) is 10.6 Å². The molecule has 2 aliphatic heterocycles. The van der Waals surface area contributed by atoms with Crippen molar-refractivity contribution < 1.29 is 40.6 Å². The van der Waals surface area contributed by atoms with Gasteiger partial charge in [0.1, 0.15) is 0 Å². The van der Waals surface area contributed by atoms with E-state index in [1.54, 1.807) is 0 Å². The number of hydrogen-bond donors (Lipinski definition) is 2. The Labute approximate surface area is 204 Å². The number of alkyl carbamates (subject to hydrolysis) is 1. The van der Waals surface area contributed by atoms with Crippen LogP contribution in [0.15, 0.2) is 48.5 Å². The molecule has 2 saturated heterocycles. The minimum atomic E-state index is -4.94. The Kier molecular flexibility index (Phi) is 7.25. The topological polar surface area (TPSA) is 59.6 Å². The van der Waals surface area contributed by atoms with Gasteiger partial charge < -0.3 is 20.1 Å². The van der Waals surface area contributed by atoms with Crippen LogP contribution in [-0.2, 0) is 27.4 Å². The lowest BCUT2D eigenvalue weighted by molar-refractivity contribution is -0.143. The van der Waals surface area contributed by atoms with Crippen LogP contribution in [0.3, 0.4) is 0 Å². The Morgan fingerprint density at radius 1 is 1.00 bits per heavy atom. The van der Waals surface area contributed by atoms with Crippen molar-refractivity contribution in [2.75, 3.05) is 13.2 Å². The lowest BCUT2D eigenvalue weighted by atomic mass is 9.78. The van der Waals surface area contributed by atoms with Crippen LogP contribution in [0.4, 0.5) is 31.1 Å². The fourth-order valence-corrected chi connectivity index (χ4v) is 4.81. The number of halogens is 6. The molecule has 11 heteroatoms. The van der Waals surface area contributed by atoms with Crippen LogP contribution in [0.5, 0.6) is 0 Å². The molecule has 0 aromatic heterocycles. The van der Waals surface area contributed by atoms with Gasteiger partial charge in [-0.2, -0.15) is 26.3 Å². The second-order valence-electron chi connectivity index (χ2n) is 9.21. The molecule has 2 aromatic rings. The number of alkyl halides is 6. The minimum absolute atomic E-state index is 0.00615. The zero-order valence-electron chi connectivity index (χ0n) is 19.4. The normalized spacial score (nSPS) is 25.8. The Morgan fingerprint density at radius 3 is 2.25 bits per heavy atom. The van der Waals surface area contributed by atoms with E-state index in [9.17, 15) is 31.1 Å². The van der Waals surface area contributed by atoms with Gasteiger partial charge in [-0.3, -0.25) is 0 Å². The summed E-state index contributed by atoms with van der Waals surface area (Å²) in [5.74, 6) is 0. The number of ether oxygens (including phenoxy) is 2. The zero-order valence-corrected chi connectivity index (χ0v) is 19.4. The smallest absolute Gasteiger partial charge is 0.416 e. The molecular formula is C25H26F6N2O3. The molecule has 196 valence electrons. The van der Waals surface area contributed by atoms with Crippen LogP contribution in [0.1, 0.15) is 54.5 Å². The van der Waals surface area contributed by atoms with Crippen molar-refractivity contribution in [3.8, 4) is 0 Å². The highest BCUT2D eigenvalue weighted by Crippen LogP contribution is 2.39. The van der Waals surface area contributed by atoms with Crippen molar-refractivity contribution in [1.29, 1.82) is 0 Å². The maximum Gasteiger partial charge on any atom is 0.416 e. The number of hydrogen-bond acceptors (Lipinski definition) is 4. The average molecular weight is 516 g/mol. The molecule has 0 unspecified atom stereocenters. The molecule has 1 amide bonds. The van der Waals surface area contributed by atoms with Gasteiger partial charge in [-0.15, -0.1) is 0 Å². The van der Waals surface area contributed by atoms with Crippen molar-refractivity contribution in [3.05, 3.63) is 70.8 Å². The Bertz CT molecular complexity index is 1040. The number of nitrogens with one attached hydrogen (secondary N) is 2. The number of rotatable bonds is 5. The predicted molar refractivity (Wildman–Crippen MR) is 118 cm³/mol. The Balaban J connectivity index is 1.60. The molecular weight excluding hydrogens is 490 g/mol. The average Bonchev–Trinajstić information content (AvgIpc) is 3.01. The third-order valence-corrected chi connectivity index (χ3v) is 6.78. The summed E-state index contributed by atoms with van der Waals surface area (Å²) in [6, 6.07) is 10.5. The third kappa shape index (κ3) is 5.78. The second-order valence-corrected chi connectivity index (χ2v) is 9.21. The first-order valence-electron chi connectivity index (χ1n) is 11.5. The predicted octanol–water partition coefficient (Wildman–Crippen LogP) is 5.95. The van der Waals surface area contributed by atoms with Crippen LogP contribution in [-0.4, -0.2) is 31.4 Å². The largest absolute Gasteiger partial charge is 0.449 e. The fraction of sp³-hybridized carbons (Fsp3) is 0.480. The van der Waals surface area contributed by atoms with Crippen LogP contribution < -0.4 is 10.6 Å². The molecule has 4 atom stereocenters. The van der Waals surface area contributed by atoms with E-state index in [1.165, 1.54) is 6.92 Å². The monoisotopic (exact) mass is 516 g/mol. The SMILES string of the molecule is C[C@@H](OC[C@@]1(c2ccccc2)CC[C@@H]2NC(=O)OCC[C@H]2N1)c1cc(C(F)(F)F)cc(C(F)(F)F)c1. The quantitative estimate of drug-likeness (QED) is 0.483. The number of fused-ring (bicyclic) bond motifs is 1. The molecule has 5 nitrogen and oxygen atoms in total. The first-order valence-corrected chi connectivity index (χ1v) is 11.5. The summed E-state index contributed by atoms with van der Waals surface area (Å²) in [5, 5.41) is 6.37. The van der Waals surface area contributed by atoms with Crippen molar-refractivity contribution in [3.63, 3.8) is 0 Å². The highest BCUT2D eigenvalue weighted by molar-refractivity contribution is 5.68. The highest BCUT2D eigenvalue weighted by Gasteiger charge is 2.44. The van der Waals surface area contributed by atoms with E-state index in [4.69, 9.17) is 9.47 Å². The van der Waals surface area contributed by atoms with Gasteiger partial charge in [0.2, 0.25) is 0 Å².